The molecule has 2 nitrogen and oxygen atoms in total. The smallest absolute Gasteiger partial charge is 0.143 e. The highest BCUT2D eigenvalue weighted by atomic mass is 19.2. The second-order valence-electron chi connectivity index (χ2n) is 1.85. The van der Waals surface area contributed by atoms with Crippen molar-refractivity contribution in [2.24, 2.45) is 11.5 Å². The van der Waals surface area contributed by atoms with E-state index in [4.69, 9.17) is 11.5 Å². The van der Waals surface area contributed by atoms with Gasteiger partial charge in [0, 0.05) is 6.54 Å². The van der Waals surface area contributed by atoms with E-state index in [0.29, 0.717) is 0 Å². The monoisotopic (exact) mass is 138 g/mol. The van der Waals surface area contributed by atoms with Crippen molar-refractivity contribution in [2.45, 2.75) is 18.8 Å². The van der Waals surface area contributed by atoms with E-state index < -0.39 is 12.3 Å². The van der Waals surface area contributed by atoms with Crippen molar-refractivity contribution >= 4 is 0 Å². The Kier molecular flexibility index (Phi) is 4.53. The zero-order valence-electron chi connectivity index (χ0n) is 5.19. The number of hydrogen-bond donors (Lipinski definition) is 2. The first-order chi connectivity index (χ1) is 4.22. The summed E-state index contributed by atoms with van der Waals surface area (Å²) in [6.07, 6.45) is -2.98. The SMILES string of the molecule is NCCC(F)C(F)CN. The first-order valence-electron chi connectivity index (χ1n) is 2.90. The third kappa shape index (κ3) is 3.37. The summed E-state index contributed by atoms with van der Waals surface area (Å²) in [7, 11) is 0. The summed E-state index contributed by atoms with van der Waals surface area (Å²) in [5.74, 6) is 0. The van der Waals surface area contributed by atoms with Crippen molar-refractivity contribution in [1.29, 1.82) is 0 Å². The Hall–Kier alpha value is -0.220. The van der Waals surface area contributed by atoms with Gasteiger partial charge in [0.15, 0.2) is 0 Å². The van der Waals surface area contributed by atoms with Crippen LogP contribution in [0.3, 0.4) is 0 Å². The lowest BCUT2D eigenvalue weighted by Crippen LogP contribution is -2.28. The van der Waals surface area contributed by atoms with Crippen LogP contribution in [0.25, 0.3) is 0 Å². The molecule has 0 aliphatic heterocycles. The van der Waals surface area contributed by atoms with Gasteiger partial charge in [-0.2, -0.15) is 0 Å². The molecule has 0 aliphatic rings. The number of alkyl halides is 2. The third-order valence-corrected chi connectivity index (χ3v) is 1.06. The van der Waals surface area contributed by atoms with E-state index in [-0.39, 0.29) is 19.5 Å². The molecule has 0 bridgehead atoms. The molecule has 4 N–H and O–H groups in total. The molecule has 4 heteroatoms. The second-order valence-corrected chi connectivity index (χ2v) is 1.85. The van der Waals surface area contributed by atoms with Crippen LogP contribution < -0.4 is 11.5 Å². The summed E-state index contributed by atoms with van der Waals surface area (Å²) in [6, 6.07) is 0. The molecule has 0 heterocycles. The predicted octanol–water partition coefficient (Wildman–Crippen LogP) is -0.0299. The Bertz CT molecular complexity index is 70.0. The number of rotatable bonds is 4. The first kappa shape index (κ1) is 8.78. The van der Waals surface area contributed by atoms with Crippen molar-refractivity contribution in [3.05, 3.63) is 0 Å². The Morgan fingerprint density at radius 1 is 1.11 bits per heavy atom. The van der Waals surface area contributed by atoms with E-state index in [1.807, 2.05) is 0 Å². The van der Waals surface area contributed by atoms with Crippen LogP contribution in [0.15, 0.2) is 0 Å². The highest BCUT2D eigenvalue weighted by molar-refractivity contribution is 4.68. The van der Waals surface area contributed by atoms with E-state index in [2.05, 4.69) is 0 Å². The Morgan fingerprint density at radius 2 is 1.67 bits per heavy atom. The van der Waals surface area contributed by atoms with Gasteiger partial charge in [-0.15, -0.1) is 0 Å². The van der Waals surface area contributed by atoms with E-state index in [1.165, 1.54) is 0 Å². The molecule has 0 aliphatic carbocycles. The highest BCUT2D eigenvalue weighted by Gasteiger charge is 2.16. The Labute approximate surface area is 53.2 Å². The molecule has 0 amide bonds. The maximum absolute atomic E-state index is 12.3. The molecule has 2 atom stereocenters. The summed E-state index contributed by atoms with van der Waals surface area (Å²) >= 11 is 0. The molecule has 0 aromatic rings. The van der Waals surface area contributed by atoms with Gasteiger partial charge in [0.25, 0.3) is 0 Å². The maximum atomic E-state index is 12.3. The maximum Gasteiger partial charge on any atom is 0.143 e. The third-order valence-electron chi connectivity index (χ3n) is 1.06. The van der Waals surface area contributed by atoms with Crippen LogP contribution in [0.1, 0.15) is 6.42 Å². The first-order valence-corrected chi connectivity index (χ1v) is 2.90. The zero-order chi connectivity index (χ0) is 7.28. The van der Waals surface area contributed by atoms with Gasteiger partial charge in [0.05, 0.1) is 0 Å². The molecule has 0 aromatic carbocycles. The van der Waals surface area contributed by atoms with Gasteiger partial charge in [-0.05, 0) is 13.0 Å². The fourth-order valence-corrected chi connectivity index (χ4v) is 0.488. The summed E-state index contributed by atoms with van der Waals surface area (Å²) in [6.45, 7) is -0.0945. The Morgan fingerprint density at radius 3 is 2.00 bits per heavy atom. The van der Waals surface area contributed by atoms with E-state index in [0.717, 1.165) is 0 Å². The normalized spacial score (nSPS) is 17.3. The predicted molar refractivity (Wildman–Crippen MR) is 32.5 cm³/mol. The molecule has 0 saturated heterocycles. The molecule has 9 heavy (non-hydrogen) atoms. The quantitative estimate of drug-likeness (QED) is 0.573. The van der Waals surface area contributed by atoms with E-state index >= 15 is 0 Å². The molecular weight excluding hydrogens is 126 g/mol. The van der Waals surface area contributed by atoms with Gasteiger partial charge in [-0.1, -0.05) is 0 Å². The lowest BCUT2D eigenvalue weighted by atomic mass is 10.2. The number of halogens is 2. The number of hydrogen-bond acceptors (Lipinski definition) is 2. The second kappa shape index (κ2) is 4.64. The molecule has 0 radical (unpaired) electrons. The van der Waals surface area contributed by atoms with E-state index in [1.54, 1.807) is 0 Å². The van der Waals surface area contributed by atoms with Gasteiger partial charge >= 0.3 is 0 Å². The minimum atomic E-state index is -1.55. The minimum Gasteiger partial charge on any atom is -0.330 e. The average molecular weight is 138 g/mol. The number of nitrogens with two attached hydrogens (primary N) is 2. The molecule has 56 valence electrons. The van der Waals surface area contributed by atoms with Gasteiger partial charge in [-0.3, -0.25) is 0 Å². The topological polar surface area (TPSA) is 52.0 Å². The lowest BCUT2D eigenvalue weighted by molar-refractivity contribution is 0.166. The van der Waals surface area contributed by atoms with Crippen LogP contribution in [-0.4, -0.2) is 25.4 Å². The molecule has 0 rings (SSSR count). The molecule has 0 spiro atoms. The van der Waals surface area contributed by atoms with Gasteiger partial charge in [0.1, 0.15) is 12.3 Å². The fourth-order valence-electron chi connectivity index (χ4n) is 0.488. The molecule has 0 aromatic heterocycles. The summed E-state index contributed by atoms with van der Waals surface area (Å²) in [5, 5.41) is 0. The highest BCUT2D eigenvalue weighted by Crippen LogP contribution is 2.05. The summed E-state index contributed by atoms with van der Waals surface area (Å²) in [4.78, 5) is 0. The van der Waals surface area contributed by atoms with Crippen molar-refractivity contribution in [1.82, 2.24) is 0 Å². The summed E-state index contributed by atoms with van der Waals surface area (Å²) in [5.41, 5.74) is 9.82. The van der Waals surface area contributed by atoms with Crippen molar-refractivity contribution < 1.29 is 8.78 Å². The lowest BCUT2D eigenvalue weighted by Gasteiger charge is -2.08. The molecule has 0 fully saturated rings. The van der Waals surface area contributed by atoms with Crippen LogP contribution in [0.5, 0.6) is 0 Å². The standard InChI is InChI=1S/C5H12F2N2/c6-4(1-2-8)5(7)3-9/h4-5H,1-3,8-9H2. The Balaban J connectivity index is 3.32. The largest absolute Gasteiger partial charge is 0.330 e. The van der Waals surface area contributed by atoms with Crippen molar-refractivity contribution in [3.63, 3.8) is 0 Å². The van der Waals surface area contributed by atoms with Crippen LogP contribution in [0, 0.1) is 0 Å². The fraction of sp³-hybridized carbons (Fsp3) is 1.00. The van der Waals surface area contributed by atoms with Gasteiger partial charge < -0.3 is 11.5 Å². The van der Waals surface area contributed by atoms with Crippen molar-refractivity contribution in [3.8, 4) is 0 Å². The molecule has 0 saturated carbocycles. The zero-order valence-corrected chi connectivity index (χ0v) is 5.19. The van der Waals surface area contributed by atoms with Crippen molar-refractivity contribution in [2.75, 3.05) is 13.1 Å². The average Bonchev–Trinajstić information content (AvgIpc) is 1.87. The molecular formula is C5H12F2N2. The van der Waals surface area contributed by atoms with Gasteiger partial charge in [0.2, 0.25) is 0 Å². The van der Waals surface area contributed by atoms with Gasteiger partial charge in [-0.25, -0.2) is 8.78 Å². The molecule has 2 unspecified atom stereocenters. The van der Waals surface area contributed by atoms with Crippen LogP contribution in [0.2, 0.25) is 0 Å². The van der Waals surface area contributed by atoms with E-state index in [9.17, 15) is 8.78 Å². The van der Waals surface area contributed by atoms with Crippen LogP contribution in [-0.2, 0) is 0 Å². The van der Waals surface area contributed by atoms with Crippen LogP contribution >= 0.6 is 0 Å². The summed E-state index contributed by atoms with van der Waals surface area (Å²) < 4.78 is 24.4. The minimum absolute atomic E-state index is 0.0539. The van der Waals surface area contributed by atoms with Crippen LogP contribution in [0.4, 0.5) is 8.78 Å².